The lowest BCUT2D eigenvalue weighted by atomic mass is 10.0. The van der Waals surface area contributed by atoms with Gasteiger partial charge in [0.15, 0.2) is 5.13 Å². The molecule has 1 atom stereocenters. The van der Waals surface area contributed by atoms with Gasteiger partial charge in [-0.15, -0.1) is 0 Å². The summed E-state index contributed by atoms with van der Waals surface area (Å²) in [5.41, 5.74) is 1.75. The van der Waals surface area contributed by atoms with Gasteiger partial charge in [-0.05, 0) is 25.8 Å². The molecule has 0 saturated heterocycles. The molecule has 1 aromatic heterocycles. The third-order valence-corrected chi connectivity index (χ3v) is 4.03. The highest BCUT2D eigenvalue weighted by molar-refractivity contribution is 7.17. The predicted molar refractivity (Wildman–Crippen MR) is 80.1 cm³/mol. The Hall–Kier alpha value is -1.68. The number of nitrogens with zero attached hydrogens (tertiary/aromatic N) is 1. The first-order valence-electron chi connectivity index (χ1n) is 6.44. The number of nitrogens with one attached hydrogen (secondary N) is 1. The number of ketones is 1. The molecule has 0 aliphatic rings. The summed E-state index contributed by atoms with van der Waals surface area (Å²) < 4.78 is 0. The monoisotopic (exact) mass is 274 g/mol. The van der Waals surface area contributed by atoms with E-state index in [0.29, 0.717) is 10.9 Å². The average molecular weight is 274 g/mol. The van der Waals surface area contributed by atoms with E-state index in [2.05, 4.69) is 24.1 Å². The lowest BCUT2D eigenvalue weighted by Gasteiger charge is -2.08. The van der Waals surface area contributed by atoms with Crippen molar-refractivity contribution in [2.75, 3.05) is 5.32 Å². The first kappa shape index (κ1) is 13.7. The molecule has 1 unspecified atom stereocenters. The van der Waals surface area contributed by atoms with Gasteiger partial charge in [-0.3, -0.25) is 4.79 Å². The molecule has 0 bridgehead atoms. The smallest absolute Gasteiger partial charge is 0.204 e. The molecule has 4 heteroatoms. The Balaban J connectivity index is 2.19. The zero-order chi connectivity index (χ0) is 13.8. The van der Waals surface area contributed by atoms with E-state index < -0.39 is 0 Å². The maximum absolute atomic E-state index is 12.4. The van der Waals surface area contributed by atoms with E-state index in [1.807, 2.05) is 31.2 Å². The summed E-state index contributed by atoms with van der Waals surface area (Å²) >= 11 is 1.42. The van der Waals surface area contributed by atoms with Crippen LogP contribution >= 0.6 is 11.3 Å². The van der Waals surface area contributed by atoms with Crippen LogP contribution in [0.3, 0.4) is 0 Å². The summed E-state index contributed by atoms with van der Waals surface area (Å²) in [6.45, 7) is 6.17. The van der Waals surface area contributed by atoms with E-state index in [4.69, 9.17) is 0 Å². The Morgan fingerprint density at radius 3 is 2.84 bits per heavy atom. The number of carbonyl (C=O) groups is 1. The van der Waals surface area contributed by atoms with Crippen molar-refractivity contribution in [1.29, 1.82) is 0 Å². The molecule has 2 rings (SSSR count). The highest BCUT2D eigenvalue weighted by Crippen LogP contribution is 2.23. The van der Waals surface area contributed by atoms with E-state index in [1.54, 1.807) is 6.20 Å². The number of benzene rings is 1. The van der Waals surface area contributed by atoms with Crippen molar-refractivity contribution in [3.8, 4) is 0 Å². The second-order valence-corrected chi connectivity index (χ2v) is 5.66. The third-order valence-electron chi connectivity index (χ3n) is 3.10. The van der Waals surface area contributed by atoms with Crippen molar-refractivity contribution in [1.82, 2.24) is 4.98 Å². The second-order valence-electron chi connectivity index (χ2n) is 4.63. The topological polar surface area (TPSA) is 42.0 Å². The minimum atomic E-state index is 0.0489. The van der Waals surface area contributed by atoms with Gasteiger partial charge < -0.3 is 5.32 Å². The molecule has 0 amide bonds. The number of rotatable bonds is 5. The van der Waals surface area contributed by atoms with Gasteiger partial charge in [0.2, 0.25) is 5.78 Å². The number of aryl methyl sites for hydroxylation is 1. The molecule has 19 heavy (non-hydrogen) atoms. The first-order chi connectivity index (χ1) is 9.11. The van der Waals surface area contributed by atoms with Crippen LogP contribution in [0, 0.1) is 6.92 Å². The Kier molecular flexibility index (Phi) is 4.32. The van der Waals surface area contributed by atoms with Crippen LogP contribution in [-0.4, -0.2) is 16.8 Å². The Bertz CT molecular complexity index is 577. The Labute approximate surface area is 117 Å². The van der Waals surface area contributed by atoms with Crippen LogP contribution in [0.25, 0.3) is 0 Å². The van der Waals surface area contributed by atoms with Gasteiger partial charge in [0.05, 0.1) is 11.1 Å². The molecule has 0 spiro atoms. The SMILES string of the molecule is CCC(C)Nc1ncc(C(=O)c2ccccc2C)s1. The van der Waals surface area contributed by atoms with Crippen LogP contribution in [0.1, 0.15) is 41.1 Å². The zero-order valence-corrected chi connectivity index (χ0v) is 12.3. The van der Waals surface area contributed by atoms with Crippen molar-refractivity contribution in [3.05, 3.63) is 46.5 Å². The summed E-state index contributed by atoms with van der Waals surface area (Å²) in [5, 5.41) is 4.10. The number of anilines is 1. The van der Waals surface area contributed by atoms with Gasteiger partial charge in [0, 0.05) is 11.6 Å². The molecule has 3 nitrogen and oxygen atoms in total. The lowest BCUT2D eigenvalue weighted by molar-refractivity contribution is 0.104. The molecule has 1 aromatic carbocycles. The fraction of sp³-hybridized carbons (Fsp3) is 0.333. The number of carbonyl (C=O) groups excluding carboxylic acids is 1. The fourth-order valence-electron chi connectivity index (χ4n) is 1.72. The summed E-state index contributed by atoms with van der Waals surface area (Å²) in [5.74, 6) is 0.0489. The molecule has 2 aromatic rings. The van der Waals surface area contributed by atoms with E-state index in [1.165, 1.54) is 11.3 Å². The lowest BCUT2D eigenvalue weighted by Crippen LogP contribution is -2.12. The summed E-state index contributed by atoms with van der Waals surface area (Å²) in [6, 6.07) is 8.01. The minimum absolute atomic E-state index is 0.0489. The van der Waals surface area contributed by atoms with Gasteiger partial charge in [0.25, 0.3) is 0 Å². The van der Waals surface area contributed by atoms with Crippen molar-refractivity contribution in [2.45, 2.75) is 33.2 Å². The van der Waals surface area contributed by atoms with Gasteiger partial charge >= 0.3 is 0 Å². The number of hydrogen-bond acceptors (Lipinski definition) is 4. The quantitative estimate of drug-likeness (QED) is 0.841. The minimum Gasteiger partial charge on any atom is -0.359 e. The molecule has 1 N–H and O–H groups in total. The molecule has 1 heterocycles. The Morgan fingerprint density at radius 1 is 1.42 bits per heavy atom. The highest BCUT2D eigenvalue weighted by Gasteiger charge is 2.15. The molecule has 100 valence electrons. The molecule has 0 saturated carbocycles. The van der Waals surface area contributed by atoms with Crippen LogP contribution in [-0.2, 0) is 0 Å². The predicted octanol–water partition coefficient (Wildman–Crippen LogP) is 3.89. The van der Waals surface area contributed by atoms with Crippen LogP contribution < -0.4 is 5.32 Å². The number of aromatic nitrogens is 1. The molecular weight excluding hydrogens is 256 g/mol. The fourth-order valence-corrected chi connectivity index (χ4v) is 2.60. The summed E-state index contributed by atoms with van der Waals surface area (Å²) in [7, 11) is 0. The zero-order valence-electron chi connectivity index (χ0n) is 11.4. The van der Waals surface area contributed by atoms with E-state index >= 15 is 0 Å². The van der Waals surface area contributed by atoms with E-state index in [-0.39, 0.29) is 5.78 Å². The number of hydrogen-bond donors (Lipinski definition) is 1. The molecular formula is C15H18N2OS. The largest absolute Gasteiger partial charge is 0.359 e. The van der Waals surface area contributed by atoms with Crippen LogP contribution in [0.2, 0.25) is 0 Å². The van der Waals surface area contributed by atoms with Crippen molar-refractivity contribution in [3.63, 3.8) is 0 Å². The molecule has 0 radical (unpaired) electrons. The third kappa shape index (κ3) is 3.20. The molecule has 0 fully saturated rings. The number of thiazole rings is 1. The van der Waals surface area contributed by atoms with Crippen molar-refractivity contribution in [2.24, 2.45) is 0 Å². The maximum Gasteiger partial charge on any atom is 0.204 e. The van der Waals surface area contributed by atoms with Crippen LogP contribution in [0.5, 0.6) is 0 Å². The van der Waals surface area contributed by atoms with Gasteiger partial charge in [-0.2, -0.15) is 0 Å². The molecule has 0 aliphatic carbocycles. The van der Waals surface area contributed by atoms with Gasteiger partial charge in [-0.25, -0.2) is 4.98 Å². The first-order valence-corrected chi connectivity index (χ1v) is 7.26. The van der Waals surface area contributed by atoms with Crippen LogP contribution in [0.4, 0.5) is 5.13 Å². The molecule has 0 aliphatic heterocycles. The normalized spacial score (nSPS) is 12.2. The van der Waals surface area contributed by atoms with Gasteiger partial charge in [-0.1, -0.05) is 42.5 Å². The summed E-state index contributed by atoms with van der Waals surface area (Å²) in [4.78, 5) is 17.3. The van der Waals surface area contributed by atoms with Crippen LogP contribution in [0.15, 0.2) is 30.5 Å². The van der Waals surface area contributed by atoms with E-state index in [9.17, 15) is 4.79 Å². The Morgan fingerprint density at radius 2 is 2.16 bits per heavy atom. The maximum atomic E-state index is 12.4. The van der Waals surface area contributed by atoms with Crippen molar-refractivity contribution >= 4 is 22.3 Å². The summed E-state index contributed by atoms with van der Waals surface area (Å²) in [6.07, 6.45) is 2.69. The highest BCUT2D eigenvalue weighted by atomic mass is 32.1. The standard InChI is InChI=1S/C15H18N2OS/c1-4-11(3)17-15-16-9-13(19-15)14(18)12-8-6-5-7-10(12)2/h5-9,11H,4H2,1-3H3,(H,16,17). The van der Waals surface area contributed by atoms with E-state index in [0.717, 1.165) is 22.7 Å². The average Bonchev–Trinajstić information content (AvgIpc) is 2.87. The van der Waals surface area contributed by atoms with Crippen molar-refractivity contribution < 1.29 is 4.79 Å². The second kappa shape index (κ2) is 5.97. The van der Waals surface area contributed by atoms with Gasteiger partial charge in [0.1, 0.15) is 0 Å².